The molecule has 40 heavy (non-hydrogen) atoms. The van der Waals surface area contributed by atoms with E-state index in [4.69, 9.17) is 14.2 Å². The minimum Gasteiger partial charge on any atom is -0.458 e. The first-order valence-electron chi connectivity index (χ1n) is 12.9. The first-order chi connectivity index (χ1) is 18.8. The highest BCUT2D eigenvalue weighted by Gasteiger charge is 2.19. The molecule has 0 saturated carbocycles. The maximum absolute atomic E-state index is 12.4. The Morgan fingerprint density at radius 2 is 1.20 bits per heavy atom. The number of carbonyl (C=O) groups is 3. The van der Waals surface area contributed by atoms with Crippen molar-refractivity contribution in [2.75, 3.05) is 10.6 Å². The fourth-order valence-corrected chi connectivity index (χ4v) is 3.55. The summed E-state index contributed by atoms with van der Waals surface area (Å²) in [7, 11) is 0. The van der Waals surface area contributed by atoms with Gasteiger partial charge in [-0.1, -0.05) is 54.6 Å². The molecule has 8 heteroatoms. The number of hydrogen-bond acceptors (Lipinski definition) is 6. The van der Waals surface area contributed by atoms with E-state index < -0.39 is 29.4 Å². The molecule has 3 rings (SSSR count). The fraction of sp³-hybridized carbons (Fsp3) is 0.281. The molecule has 0 unspecified atom stereocenters. The van der Waals surface area contributed by atoms with Gasteiger partial charge in [-0.25, -0.2) is 14.4 Å². The predicted octanol–water partition coefficient (Wildman–Crippen LogP) is 7.80. The summed E-state index contributed by atoms with van der Waals surface area (Å²) >= 11 is 0. The third kappa shape index (κ3) is 10.6. The number of anilines is 2. The summed E-state index contributed by atoms with van der Waals surface area (Å²) in [4.78, 5) is 37.0. The molecular weight excluding hydrogens is 508 g/mol. The maximum Gasteiger partial charge on any atom is 0.412 e. The van der Waals surface area contributed by atoms with Crippen molar-refractivity contribution in [1.82, 2.24) is 0 Å². The zero-order valence-electron chi connectivity index (χ0n) is 23.7. The second kappa shape index (κ2) is 13.0. The van der Waals surface area contributed by atoms with Crippen molar-refractivity contribution >= 4 is 35.6 Å². The van der Waals surface area contributed by atoms with Gasteiger partial charge in [0.25, 0.3) is 0 Å². The summed E-state index contributed by atoms with van der Waals surface area (Å²) in [5, 5.41) is 5.29. The topological polar surface area (TPSA) is 103 Å². The van der Waals surface area contributed by atoms with Gasteiger partial charge in [-0.05, 0) is 88.1 Å². The Morgan fingerprint density at radius 1 is 0.700 bits per heavy atom. The van der Waals surface area contributed by atoms with Crippen LogP contribution in [0.3, 0.4) is 0 Å². The first kappa shape index (κ1) is 30.0. The number of nitrogens with one attached hydrogen (secondary N) is 2. The molecule has 0 atom stereocenters. The zero-order chi connectivity index (χ0) is 29.3. The van der Waals surface area contributed by atoms with Crippen molar-refractivity contribution in [2.24, 2.45) is 0 Å². The lowest BCUT2D eigenvalue weighted by Gasteiger charge is -2.21. The van der Waals surface area contributed by atoms with Crippen LogP contribution in [0.1, 0.15) is 52.7 Å². The number of ether oxygens (including phenoxy) is 3. The van der Waals surface area contributed by atoms with Crippen molar-refractivity contribution in [3.05, 3.63) is 90.0 Å². The van der Waals surface area contributed by atoms with E-state index in [2.05, 4.69) is 10.6 Å². The number of esters is 1. The number of benzene rings is 3. The molecule has 0 aliphatic heterocycles. The van der Waals surface area contributed by atoms with E-state index in [0.29, 0.717) is 16.9 Å². The molecule has 0 radical (unpaired) electrons. The highest BCUT2D eigenvalue weighted by atomic mass is 16.6. The lowest BCUT2D eigenvalue weighted by molar-refractivity contribution is -0.138. The standard InChI is InChI=1S/C32H36N2O6/c1-31(2,3)39-29(36)33-26-18-23(19-27(20-26)34-30(37)40-32(4,5)6)21-38-28(35)17-14-22-12-15-25(16-13-22)24-10-8-7-9-11-24/h7-20H,21H2,1-6H3,(H,33,36)(H,34,37). The van der Waals surface area contributed by atoms with E-state index in [1.165, 1.54) is 6.08 Å². The molecule has 0 fully saturated rings. The number of carbonyl (C=O) groups excluding carboxylic acids is 3. The number of amides is 2. The quantitative estimate of drug-likeness (QED) is 0.179. The molecular formula is C32H36N2O6. The summed E-state index contributed by atoms with van der Waals surface area (Å²) in [5.41, 5.74) is 2.90. The Morgan fingerprint density at radius 3 is 1.70 bits per heavy atom. The van der Waals surface area contributed by atoms with Crippen LogP contribution in [0.2, 0.25) is 0 Å². The highest BCUT2D eigenvalue weighted by Crippen LogP contribution is 2.23. The van der Waals surface area contributed by atoms with E-state index in [0.717, 1.165) is 16.7 Å². The molecule has 0 heterocycles. The Kier molecular flexibility index (Phi) is 9.72. The molecule has 2 N–H and O–H groups in total. The van der Waals surface area contributed by atoms with Crippen molar-refractivity contribution < 1.29 is 28.6 Å². The van der Waals surface area contributed by atoms with Gasteiger partial charge in [0.05, 0.1) is 0 Å². The van der Waals surface area contributed by atoms with Crippen LogP contribution in [-0.2, 0) is 25.6 Å². The van der Waals surface area contributed by atoms with E-state index in [1.807, 2.05) is 54.6 Å². The maximum atomic E-state index is 12.4. The van der Waals surface area contributed by atoms with Crippen LogP contribution in [0.5, 0.6) is 0 Å². The second-order valence-corrected chi connectivity index (χ2v) is 11.1. The average Bonchev–Trinajstić information content (AvgIpc) is 2.84. The van der Waals surface area contributed by atoms with Crippen molar-refractivity contribution in [3.8, 4) is 11.1 Å². The molecule has 0 aromatic heterocycles. The molecule has 0 aliphatic rings. The van der Waals surface area contributed by atoms with Gasteiger partial charge in [0.15, 0.2) is 0 Å². The molecule has 0 aliphatic carbocycles. The van der Waals surface area contributed by atoms with Crippen LogP contribution < -0.4 is 10.6 Å². The van der Waals surface area contributed by atoms with Crippen LogP contribution in [0, 0.1) is 0 Å². The van der Waals surface area contributed by atoms with E-state index in [9.17, 15) is 14.4 Å². The predicted molar refractivity (Wildman–Crippen MR) is 157 cm³/mol. The fourth-order valence-electron chi connectivity index (χ4n) is 3.55. The lowest BCUT2D eigenvalue weighted by atomic mass is 10.0. The molecule has 210 valence electrons. The molecule has 2 amide bonds. The molecule has 0 spiro atoms. The highest BCUT2D eigenvalue weighted by molar-refractivity contribution is 5.90. The molecule has 3 aromatic rings. The van der Waals surface area contributed by atoms with Gasteiger partial charge < -0.3 is 14.2 Å². The largest absolute Gasteiger partial charge is 0.458 e. The van der Waals surface area contributed by atoms with E-state index in [-0.39, 0.29) is 6.61 Å². The van der Waals surface area contributed by atoms with Crippen LogP contribution in [0.15, 0.2) is 78.9 Å². The number of hydrogen-bond donors (Lipinski definition) is 2. The van der Waals surface area contributed by atoms with Gasteiger partial charge in [-0.15, -0.1) is 0 Å². The van der Waals surface area contributed by atoms with Crippen LogP contribution in [-0.4, -0.2) is 29.4 Å². The third-order valence-electron chi connectivity index (χ3n) is 5.09. The number of rotatable bonds is 7. The van der Waals surface area contributed by atoms with Gasteiger partial charge in [0, 0.05) is 17.5 Å². The van der Waals surface area contributed by atoms with Crippen molar-refractivity contribution in [1.29, 1.82) is 0 Å². The Balaban J connectivity index is 1.67. The van der Waals surface area contributed by atoms with Crippen LogP contribution >= 0.6 is 0 Å². The van der Waals surface area contributed by atoms with Crippen molar-refractivity contribution in [2.45, 2.75) is 59.4 Å². The molecule has 8 nitrogen and oxygen atoms in total. The zero-order valence-corrected chi connectivity index (χ0v) is 23.7. The van der Waals surface area contributed by atoms with Crippen LogP contribution in [0.4, 0.5) is 21.0 Å². The van der Waals surface area contributed by atoms with Crippen LogP contribution in [0.25, 0.3) is 17.2 Å². The van der Waals surface area contributed by atoms with Gasteiger partial charge in [-0.3, -0.25) is 10.6 Å². The minimum absolute atomic E-state index is 0.0943. The molecule has 0 bridgehead atoms. The van der Waals surface area contributed by atoms with E-state index in [1.54, 1.807) is 65.8 Å². The monoisotopic (exact) mass is 544 g/mol. The molecule has 3 aromatic carbocycles. The summed E-state index contributed by atoms with van der Waals surface area (Å²) in [5.74, 6) is -0.542. The van der Waals surface area contributed by atoms with Gasteiger partial charge in [0.1, 0.15) is 17.8 Å². The summed E-state index contributed by atoms with van der Waals surface area (Å²) in [6.45, 7) is 10.4. The smallest absolute Gasteiger partial charge is 0.412 e. The summed E-state index contributed by atoms with van der Waals surface area (Å²) < 4.78 is 16.0. The lowest BCUT2D eigenvalue weighted by Crippen LogP contribution is -2.28. The summed E-state index contributed by atoms with van der Waals surface area (Å²) in [6.07, 6.45) is 1.70. The average molecular weight is 545 g/mol. The first-order valence-corrected chi connectivity index (χ1v) is 12.9. The molecule has 0 saturated heterocycles. The van der Waals surface area contributed by atoms with E-state index >= 15 is 0 Å². The third-order valence-corrected chi connectivity index (χ3v) is 5.09. The SMILES string of the molecule is CC(C)(C)OC(=O)Nc1cc(COC(=O)C=Cc2ccc(-c3ccccc3)cc2)cc(NC(=O)OC(C)(C)C)c1. The van der Waals surface area contributed by atoms with Gasteiger partial charge in [0.2, 0.25) is 0 Å². The Labute approximate surface area is 235 Å². The van der Waals surface area contributed by atoms with Gasteiger partial charge >= 0.3 is 18.2 Å². The van der Waals surface area contributed by atoms with Crippen molar-refractivity contribution in [3.63, 3.8) is 0 Å². The van der Waals surface area contributed by atoms with Gasteiger partial charge in [-0.2, -0.15) is 0 Å². The Bertz CT molecular complexity index is 1300. The summed E-state index contributed by atoms with van der Waals surface area (Å²) in [6, 6.07) is 22.6. The minimum atomic E-state index is -0.691. The Hall–Kier alpha value is -4.59. The second-order valence-electron chi connectivity index (χ2n) is 11.1. The normalized spacial score (nSPS) is 11.6.